The van der Waals surface area contributed by atoms with E-state index in [1.54, 1.807) is 30.3 Å². The Hall–Kier alpha value is -2.35. The van der Waals surface area contributed by atoms with Gasteiger partial charge in [-0.05, 0) is 30.4 Å². The Morgan fingerprint density at radius 3 is 2.96 bits per heavy atom. The van der Waals surface area contributed by atoms with Crippen molar-refractivity contribution in [2.45, 2.75) is 25.3 Å². The number of nitrogens with one attached hydrogen (secondary N) is 1. The lowest BCUT2D eigenvalue weighted by Gasteiger charge is -2.25. The lowest BCUT2D eigenvalue weighted by Crippen LogP contribution is -2.42. The Labute approximate surface area is 164 Å². The molecule has 3 rings (SSSR count). The van der Waals surface area contributed by atoms with Crippen LogP contribution in [0.3, 0.4) is 0 Å². The van der Waals surface area contributed by atoms with Crippen LogP contribution in [0.15, 0.2) is 34.9 Å². The van der Waals surface area contributed by atoms with Crippen LogP contribution in [0.4, 0.5) is 0 Å². The van der Waals surface area contributed by atoms with Crippen molar-refractivity contribution in [2.75, 3.05) is 33.7 Å². The third kappa shape index (κ3) is 4.88. The summed E-state index contributed by atoms with van der Waals surface area (Å²) in [4.78, 5) is 21.7. The van der Waals surface area contributed by atoms with Gasteiger partial charge >= 0.3 is 0 Å². The van der Waals surface area contributed by atoms with Crippen LogP contribution in [0.1, 0.15) is 35.7 Å². The average molecular weight is 389 g/mol. The van der Waals surface area contributed by atoms with Gasteiger partial charge in [0, 0.05) is 51.2 Å². The Bertz CT molecular complexity index is 782. The van der Waals surface area contributed by atoms with Gasteiger partial charge in [-0.15, -0.1) is 11.3 Å². The summed E-state index contributed by atoms with van der Waals surface area (Å²) in [6.07, 6.45) is 5.09. The Morgan fingerprint density at radius 1 is 1.52 bits per heavy atom. The fourth-order valence-corrected chi connectivity index (χ4v) is 3.93. The van der Waals surface area contributed by atoms with E-state index in [0.717, 1.165) is 25.5 Å². The predicted molar refractivity (Wildman–Crippen MR) is 109 cm³/mol. The zero-order chi connectivity index (χ0) is 19.4. The largest absolute Gasteiger partial charge is 0.349 e. The quantitative estimate of drug-likeness (QED) is 0.629. The Kier molecular flexibility index (Phi) is 6.15. The van der Waals surface area contributed by atoms with Crippen molar-refractivity contribution in [1.29, 1.82) is 0 Å². The van der Waals surface area contributed by atoms with Crippen molar-refractivity contribution in [3.63, 3.8) is 0 Å². The predicted octanol–water partition coefficient (Wildman–Crippen LogP) is 2.07. The molecule has 27 heavy (non-hydrogen) atoms. The molecule has 0 aliphatic carbocycles. The van der Waals surface area contributed by atoms with Crippen LogP contribution in [0, 0.1) is 0 Å². The zero-order valence-corrected chi connectivity index (χ0v) is 17.2. The number of nitrogens with zero attached hydrogens (tertiary/aromatic N) is 5. The number of carbonyl (C=O) groups is 1. The van der Waals surface area contributed by atoms with Crippen molar-refractivity contribution >= 4 is 23.2 Å². The number of carbonyl (C=O) groups excluding carboxylic acids is 1. The molecule has 2 atom stereocenters. The molecule has 3 heterocycles. The molecule has 0 aromatic carbocycles. The van der Waals surface area contributed by atoms with Crippen molar-refractivity contribution in [1.82, 2.24) is 24.9 Å². The number of aliphatic imine (C=N–C) groups is 1. The number of likely N-dealkylation sites (N-methyl/N-ethyl adjacent to an activating group) is 1. The van der Waals surface area contributed by atoms with Crippen molar-refractivity contribution in [3.05, 3.63) is 40.3 Å². The highest BCUT2D eigenvalue weighted by molar-refractivity contribution is 7.10. The van der Waals surface area contributed by atoms with E-state index in [-0.39, 0.29) is 18.5 Å². The summed E-state index contributed by atoms with van der Waals surface area (Å²) in [7, 11) is 5.46. The molecular formula is C19H28N6OS. The lowest BCUT2D eigenvalue weighted by atomic mass is 10.0. The SMILES string of the molecule is CC(NC(=NCC(=O)N(C)C)N1CCC(c2cnn(C)c2)C1)c1cccs1. The van der Waals surface area contributed by atoms with Crippen LogP contribution >= 0.6 is 11.3 Å². The highest BCUT2D eigenvalue weighted by Crippen LogP contribution is 2.27. The van der Waals surface area contributed by atoms with E-state index in [0.29, 0.717) is 5.92 Å². The van der Waals surface area contributed by atoms with Gasteiger partial charge in [0.05, 0.1) is 12.2 Å². The van der Waals surface area contributed by atoms with E-state index in [9.17, 15) is 4.79 Å². The summed E-state index contributed by atoms with van der Waals surface area (Å²) in [6.45, 7) is 4.08. The van der Waals surface area contributed by atoms with Gasteiger partial charge in [0.2, 0.25) is 5.91 Å². The molecule has 8 heteroatoms. The minimum absolute atomic E-state index is 0.00100. The van der Waals surface area contributed by atoms with Crippen LogP contribution in [0.2, 0.25) is 0 Å². The lowest BCUT2D eigenvalue weighted by molar-refractivity contribution is -0.127. The van der Waals surface area contributed by atoms with Crippen LogP contribution in [0.25, 0.3) is 0 Å². The molecule has 1 amide bonds. The number of hydrogen-bond donors (Lipinski definition) is 1. The van der Waals surface area contributed by atoms with Crippen LogP contribution in [0.5, 0.6) is 0 Å². The highest BCUT2D eigenvalue weighted by Gasteiger charge is 2.28. The van der Waals surface area contributed by atoms with E-state index in [2.05, 4.69) is 50.9 Å². The fraction of sp³-hybridized carbons (Fsp3) is 0.526. The molecule has 1 saturated heterocycles. The standard InChI is InChI=1S/C19H28N6OS/c1-14(17-6-5-9-27-17)22-19(20-11-18(26)23(2)3)25-8-7-15(13-25)16-10-21-24(4)12-16/h5-6,9-10,12,14-15H,7-8,11,13H2,1-4H3,(H,20,22). The third-order valence-electron chi connectivity index (χ3n) is 4.86. The molecular weight excluding hydrogens is 360 g/mol. The number of aryl methyl sites for hydroxylation is 1. The monoisotopic (exact) mass is 388 g/mol. The molecule has 2 aromatic rings. The first kappa shape index (κ1) is 19.4. The molecule has 146 valence electrons. The molecule has 0 bridgehead atoms. The van der Waals surface area contributed by atoms with Gasteiger partial charge in [0.15, 0.2) is 5.96 Å². The molecule has 2 aromatic heterocycles. The second kappa shape index (κ2) is 8.56. The van der Waals surface area contributed by atoms with Crippen molar-refractivity contribution in [3.8, 4) is 0 Å². The number of rotatable bonds is 5. The van der Waals surface area contributed by atoms with Crippen LogP contribution < -0.4 is 5.32 Å². The molecule has 1 N–H and O–H groups in total. The van der Waals surface area contributed by atoms with E-state index in [4.69, 9.17) is 0 Å². The molecule has 7 nitrogen and oxygen atoms in total. The van der Waals surface area contributed by atoms with Gasteiger partial charge in [-0.3, -0.25) is 9.48 Å². The average Bonchev–Trinajstić information content (AvgIpc) is 3.38. The van der Waals surface area contributed by atoms with E-state index >= 15 is 0 Å². The maximum atomic E-state index is 12.0. The molecule has 0 saturated carbocycles. The summed E-state index contributed by atoms with van der Waals surface area (Å²) in [5.41, 5.74) is 1.26. The Morgan fingerprint density at radius 2 is 2.33 bits per heavy atom. The number of likely N-dealkylation sites (tertiary alicyclic amines) is 1. The molecule has 1 fully saturated rings. The van der Waals surface area contributed by atoms with E-state index in [1.165, 1.54) is 10.4 Å². The minimum Gasteiger partial charge on any atom is -0.349 e. The number of amides is 1. The fourth-order valence-electron chi connectivity index (χ4n) is 3.20. The molecule has 1 aliphatic heterocycles. The first-order valence-corrected chi connectivity index (χ1v) is 10.1. The maximum absolute atomic E-state index is 12.0. The minimum atomic E-state index is 0.00100. The second-order valence-corrected chi connectivity index (χ2v) is 8.17. The highest BCUT2D eigenvalue weighted by atomic mass is 32.1. The second-order valence-electron chi connectivity index (χ2n) is 7.19. The first-order chi connectivity index (χ1) is 12.9. The number of hydrogen-bond acceptors (Lipinski definition) is 4. The smallest absolute Gasteiger partial charge is 0.243 e. The number of thiophene rings is 1. The molecule has 2 unspecified atom stereocenters. The van der Waals surface area contributed by atoms with Gasteiger partial charge in [0.25, 0.3) is 0 Å². The van der Waals surface area contributed by atoms with E-state index in [1.807, 2.05) is 17.9 Å². The molecule has 0 radical (unpaired) electrons. The summed E-state index contributed by atoms with van der Waals surface area (Å²) in [6, 6.07) is 4.32. The van der Waals surface area contributed by atoms with Crippen LogP contribution in [-0.2, 0) is 11.8 Å². The number of aromatic nitrogens is 2. The Balaban J connectivity index is 1.72. The molecule has 1 aliphatic rings. The van der Waals surface area contributed by atoms with Gasteiger partial charge < -0.3 is 15.1 Å². The topological polar surface area (TPSA) is 65.8 Å². The summed E-state index contributed by atoms with van der Waals surface area (Å²) < 4.78 is 1.85. The van der Waals surface area contributed by atoms with Crippen molar-refractivity contribution < 1.29 is 4.79 Å². The summed E-state index contributed by atoms with van der Waals surface area (Å²) in [5, 5.41) is 9.90. The first-order valence-electron chi connectivity index (χ1n) is 9.22. The zero-order valence-electron chi connectivity index (χ0n) is 16.4. The molecule has 0 spiro atoms. The van der Waals surface area contributed by atoms with Crippen LogP contribution in [-0.4, -0.2) is 65.2 Å². The summed E-state index contributed by atoms with van der Waals surface area (Å²) in [5.74, 6) is 1.24. The third-order valence-corrected chi connectivity index (χ3v) is 5.92. The van der Waals surface area contributed by atoms with Crippen molar-refractivity contribution in [2.24, 2.45) is 12.0 Å². The number of guanidine groups is 1. The van der Waals surface area contributed by atoms with Gasteiger partial charge in [-0.1, -0.05) is 6.07 Å². The van der Waals surface area contributed by atoms with E-state index < -0.39 is 0 Å². The van der Waals surface area contributed by atoms with Gasteiger partial charge in [-0.2, -0.15) is 5.10 Å². The normalized spacial score (nSPS) is 18.6. The maximum Gasteiger partial charge on any atom is 0.243 e. The van der Waals surface area contributed by atoms with Gasteiger partial charge in [-0.25, -0.2) is 4.99 Å². The summed E-state index contributed by atoms with van der Waals surface area (Å²) >= 11 is 1.72. The van der Waals surface area contributed by atoms with Gasteiger partial charge in [0.1, 0.15) is 6.54 Å².